The number of hydrogen-bond acceptors (Lipinski definition) is 2. The number of hydrogen-bond donors (Lipinski definition) is 1. The summed E-state index contributed by atoms with van der Waals surface area (Å²) in [5.74, 6) is 0. The number of anilines is 1. The normalized spacial score (nSPS) is 11.8. The lowest BCUT2D eigenvalue weighted by molar-refractivity contribution is 0.590. The van der Waals surface area contributed by atoms with Gasteiger partial charge >= 0.3 is 0 Å². The lowest BCUT2D eigenvalue weighted by atomic mass is 9.86. The number of fused-ring (bicyclic) bond motifs is 1. The molecule has 0 aliphatic heterocycles. The Kier molecular flexibility index (Phi) is 3.17. The van der Waals surface area contributed by atoms with Crippen molar-refractivity contribution in [2.75, 3.05) is 5.73 Å². The summed E-state index contributed by atoms with van der Waals surface area (Å²) >= 11 is 0. The Morgan fingerprint density at radius 2 is 1.52 bits per heavy atom. The van der Waals surface area contributed by atoms with E-state index in [1.165, 1.54) is 5.56 Å². The Bertz CT molecular complexity index is 781. The van der Waals surface area contributed by atoms with Gasteiger partial charge in [-0.1, -0.05) is 57.2 Å². The summed E-state index contributed by atoms with van der Waals surface area (Å²) in [6, 6.07) is 18.6. The van der Waals surface area contributed by atoms with E-state index in [1.54, 1.807) is 0 Å². The third-order valence-electron chi connectivity index (χ3n) is 3.76. The molecule has 2 N–H and O–H groups in total. The summed E-state index contributed by atoms with van der Waals surface area (Å²) in [6.45, 7) is 6.66. The largest absolute Gasteiger partial charge is 0.399 e. The molecule has 0 atom stereocenters. The Morgan fingerprint density at radius 1 is 0.857 bits per heavy atom. The Labute approximate surface area is 125 Å². The molecule has 0 saturated heterocycles. The average Bonchev–Trinajstić information content (AvgIpc) is 2.45. The lowest BCUT2D eigenvalue weighted by Crippen LogP contribution is -2.10. The minimum atomic E-state index is 0.170. The first-order valence-corrected chi connectivity index (χ1v) is 7.21. The van der Waals surface area contributed by atoms with E-state index in [9.17, 15) is 0 Å². The number of rotatable bonds is 1. The molecule has 21 heavy (non-hydrogen) atoms. The van der Waals surface area contributed by atoms with Crippen molar-refractivity contribution in [1.82, 2.24) is 4.98 Å². The lowest BCUT2D eigenvalue weighted by Gasteiger charge is -2.19. The highest BCUT2D eigenvalue weighted by Gasteiger charge is 2.13. The standard InChI is InChI=1S/C19H20N2/c1-19(2,3)15-8-4-13(5-9-15)17-11-7-14-6-10-16(20)12-18(14)21-17/h4-12H,20H2,1-3H3. The van der Waals surface area contributed by atoms with Gasteiger partial charge in [-0.3, -0.25) is 0 Å². The van der Waals surface area contributed by atoms with Crippen LogP contribution in [0.4, 0.5) is 5.69 Å². The highest BCUT2D eigenvalue weighted by atomic mass is 14.7. The molecular weight excluding hydrogens is 256 g/mol. The highest BCUT2D eigenvalue weighted by molar-refractivity contribution is 5.84. The number of nitrogen functional groups attached to an aromatic ring is 1. The summed E-state index contributed by atoms with van der Waals surface area (Å²) in [4.78, 5) is 4.72. The number of benzene rings is 2. The van der Waals surface area contributed by atoms with Gasteiger partial charge in [-0.2, -0.15) is 0 Å². The van der Waals surface area contributed by atoms with E-state index in [2.05, 4.69) is 57.2 Å². The Hall–Kier alpha value is -2.35. The van der Waals surface area contributed by atoms with Crippen molar-refractivity contribution in [1.29, 1.82) is 0 Å². The predicted molar refractivity (Wildman–Crippen MR) is 90.3 cm³/mol. The summed E-state index contributed by atoms with van der Waals surface area (Å²) < 4.78 is 0. The molecule has 3 rings (SSSR count). The zero-order chi connectivity index (χ0) is 15.0. The molecule has 3 aromatic rings. The molecule has 0 saturated carbocycles. The molecule has 106 valence electrons. The summed E-state index contributed by atoms with van der Waals surface area (Å²) in [5, 5.41) is 1.11. The van der Waals surface area contributed by atoms with Crippen LogP contribution in [0.25, 0.3) is 22.2 Å². The molecule has 1 aromatic heterocycles. The average molecular weight is 276 g/mol. The van der Waals surface area contributed by atoms with Crippen molar-refractivity contribution in [3.8, 4) is 11.3 Å². The summed E-state index contributed by atoms with van der Waals surface area (Å²) in [5.41, 5.74) is 11.1. The van der Waals surface area contributed by atoms with Gasteiger partial charge in [-0.15, -0.1) is 0 Å². The van der Waals surface area contributed by atoms with Crippen LogP contribution in [0.3, 0.4) is 0 Å². The van der Waals surface area contributed by atoms with Crippen LogP contribution in [0.2, 0.25) is 0 Å². The van der Waals surface area contributed by atoms with Crippen molar-refractivity contribution < 1.29 is 0 Å². The fraction of sp³-hybridized carbons (Fsp3) is 0.211. The topological polar surface area (TPSA) is 38.9 Å². The van der Waals surface area contributed by atoms with E-state index < -0.39 is 0 Å². The molecule has 0 unspecified atom stereocenters. The van der Waals surface area contributed by atoms with Gasteiger partial charge in [0.15, 0.2) is 0 Å². The SMILES string of the molecule is CC(C)(C)c1ccc(-c2ccc3ccc(N)cc3n2)cc1. The fourth-order valence-corrected chi connectivity index (χ4v) is 2.44. The van der Waals surface area contributed by atoms with Gasteiger partial charge in [0.1, 0.15) is 0 Å². The molecule has 0 aliphatic rings. The molecule has 0 spiro atoms. The van der Waals surface area contributed by atoms with E-state index in [4.69, 9.17) is 10.7 Å². The predicted octanol–water partition coefficient (Wildman–Crippen LogP) is 4.78. The number of nitrogens with zero attached hydrogens (tertiary/aromatic N) is 1. The summed E-state index contributed by atoms with van der Waals surface area (Å²) in [6.07, 6.45) is 0. The Balaban J connectivity index is 2.04. The minimum Gasteiger partial charge on any atom is -0.399 e. The van der Waals surface area contributed by atoms with Crippen LogP contribution in [0.5, 0.6) is 0 Å². The molecule has 0 aliphatic carbocycles. The van der Waals surface area contributed by atoms with Crippen LogP contribution in [-0.2, 0) is 5.41 Å². The van der Waals surface area contributed by atoms with Gasteiger partial charge < -0.3 is 5.73 Å². The minimum absolute atomic E-state index is 0.170. The van der Waals surface area contributed by atoms with E-state index in [0.29, 0.717) is 0 Å². The van der Waals surface area contributed by atoms with Gasteiger partial charge in [-0.25, -0.2) is 4.98 Å². The van der Waals surface area contributed by atoms with Gasteiger partial charge in [0.2, 0.25) is 0 Å². The second-order valence-corrected chi connectivity index (χ2v) is 6.48. The van der Waals surface area contributed by atoms with Crippen LogP contribution < -0.4 is 5.73 Å². The maximum Gasteiger partial charge on any atom is 0.0730 e. The molecule has 0 amide bonds. The van der Waals surface area contributed by atoms with Crippen LogP contribution in [-0.4, -0.2) is 4.98 Å². The van der Waals surface area contributed by atoms with Crippen LogP contribution >= 0.6 is 0 Å². The van der Waals surface area contributed by atoms with E-state index in [-0.39, 0.29) is 5.41 Å². The smallest absolute Gasteiger partial charge is 0.0730 e. The number of aromatic nitrogens is 1. The summed E-state index contributed by atoms with van der Waals surface area (Å²) in [7, 11) is 0. The first-order chi connectivity index (χ1) is 9.93. The van der Waals surface area contributed by atoms with Crippen molar-refractivity contribution in [3.05, 3.63) is 60.2 Å². The first kappa shape index (κ1) is 13.6. The van der Waals surface area contributed by atoms with E-state index in [0.717, 1.165) is 27.8 Å². The molecule has 0 radical (unpaired) electrons. The third kappa shape index (κ3) is 2.75. The molecule has 2 nitrogen and oxygen atoms in total. The number of nitrogens with two attached hydrogens (primary N) is 1. The van der Waals surface area contributed by atoms with Crippen molar-refractivity contribution in [2.24, 2.45) is 0 Å². The quantitative estimate of drug-likeness (QED) is 0.649. The van der Waals surface area contributed by atoms with Crippen molar-refractivity contribution in [3.63, 3.8) is 0 Å². The zero-order valence-corrected chi connectivity index (χ0v) is 12.7. The third-order valence-corrected chi connectivity index (χ3v) is 3.76. The zero-order valence-electron chi connectivity index (χ0n) is 12.7. The van der Waals surface area contributed by atoms with Gasteiger partial charge in [0.05, 0.1) is 11.2 Å². The van der Waals surface area contributed by atoms with Gasteiger partial charge in [-0.05, 0) is 29.2 Å². The second-order valence-electron chi connectivity index (χ2n) is 6.48. The second kappa shape index (κ2) is 4.88. The molecular formula is C19H20N2. The molecule has 1 heterocycles. The van der Waals surface area contributed by atoms with E-state index >= 15 is 0 Å². The fourth-order valence-electron chi connectivity index (χ4n) is 2.44. The first-order valence-electron chi connectivity index (χ1n) is 7.21. The highest BCUT2D eigenvalue weighted by Crippen LogP contribution is 2.26. The molecule has 2 heteroatoms. The van der Waals surface area contributed by atoms with Crippen LogP contribution in [0, 0.1) is 0 Å². The van der Waals surface area contributed by atoms with Gasteiger partial charge in [0, 0.05) is 16.6 Å². The molecule has 0 bridgehead atoms. The van der Waals surface area contributed by atoms with Gasteiger partial charge in [0.25, 0.3) is 0 Å². The Morgan fingerprint density at radius 3 is 2.19 bits per heavy atom. The molecule has 0 fully saturated rings. The molecule has 2 aromatic carbocycles. The maximum atomic E-state index is 5.84. The maximum absolute atomic E-state index is 5.84. The van der Waals surface area contributed by atoms with E-state index in [1.807, 2.05) is 18.2 Å². The van der Waals surface area contributed by atoms with Crippen molar-refractivity contribution >= 4 is 16.6 Å². The van der Waals surface area contributed by atoms with Crippen LogP contribution in [0.1, 0.15) is 26.3 Å². The van der Waals surface area contributed by atoms with Crippen molar-refractivity contribution in [2.45, 2.75) is 26.2 Å². The number of pyridine rings is 1. The monoisotopic (exact) mass is 276 g/mol. The van der Waals surface area contributed by atoms with Crippen LogP contribution in [0.15, 0.2) is 54.6 Å².